The van der Waals surface area contributed by atoms with Crippen LogP contribution in [0.25, 0.3) is 22.3 Å². The molecule has 4 atom stereocenters. The van der Waals surface area contributed by atoms with Crippen molar-refractivity contribution in [1.29, 1.82) is 0 Å². The summed E-state index contributed by atoms with van der Waals surface area (Å²) in [5.74, 6) is -5.33. The molecule has 0 unspecified atom stereocenters. The third kappa shape index (κ3) is 11.5. The number of aliphatic hydroxyl groups is 1. The van der Waals surface area contributed by atoms with Crippen LogP contribution in [0.5, 0.6) is 0 Å². The lowest BCUT2D eigenvalue weighted by Gasteiger charge is -2.31. The number of ether oxygens (including phenoxy) is 2. The number of aryl methyl sites for hydroxylation is 1. The zero-order valence-corrected chi connectivity index (χ0v) is 42.6. The highest BCUT2D eigenvalue weighted by atomic mass is 19.1. The number of cyclic esters (lactones) is 1. The highest BCUT2D eigenvalue weighted by molar-refractivity contribution is 6.15. The number of carbonyl (C=O) groups excluding carboxylic acids is 9. The molecule has 4 aliphatic rings. The molecular weight excluding hydrogens is 966 g/mol. The molecule has 0 bridgehead atoms. The normalized spacial score (nSPS) is 18.1. The van der Waals surface area contributed by atoms with Gasteiger partial charge in [-0.25, -0.2) is 14.2 Å². The van der Waals surface area contributed by atoms with Crippen LogP contribution < -0.4 is 5.56 Å². The summed E-state index contributed by atoms with van der Waals surface area (Å²) in [4.78, 5) is 137. The standard InChI is InChI=1S/C58H62FN3O13/c1-4-6-12-47(62-51(69)21-22-52(62)70)50(68)20-17-37(63)14-15-39(65)27-36(25-34-10-8-7-9-11-34)49(67)19-16-38(64)23-24-74-31-40(66)26-35-13-18-41-33(3)45(59)29-46-54(41)53(35)42-30-61-48(55(42)60-46)28-44-43(56(61)71)32-75-57(72)58(44,73)5-2/h7-11,21-22,28-29,35-36,47,73H,4-6,12-20,23-27,30-32H2,1-3H3/t35-,36+,47-,58-/m0/s1. The number of rotatable bonds is 27. The van der Waals surface area contributed by atoms with Crippen molar-refractivity contribution in [2.24, 2.45) is 5.92 Å². The van der Waals surface area contributed by atoms with Gasteiger partial charge in [0.2, 0.25) is 0 Å². The molecule has 3 aliphatic heterocycles. The molecule has 4 aromatic rings. The molecule has 1 aliphatic carbocycles. The molecule has 2 aromatic carbocycles. The lowest BCUT2D eigenvalue weighted by atomic mass is 9.76. The van der Waals surface area contributed by atoms with Crippen molar-refractivity contribution in [2.75, 3.05) is 13.2 Å². The molecule has 0 spiro atoms. The highest BCUT2D eigenvalue weighted by Crippen LogP contribution is 2.47. The van der Waals surface area contributed by atoms with Gasteiger partial charge >= 0.3 is 5.97 Å². The van der Waals surface area contributed by atoms with Gasteiger partial charge in [0.1, 0.15) is 42.2 Å². The maximum absolute atomic E-state index is 15.4. The minimum atomic E-state index is -2.03. The number of pyridine rings is 2. The Bertz CT molecular complexity index is 3090. The van der Waals surface area contributed by atoms with E-state index in [1.807, 2.05) is 37.3 Å². The third-order valence-corrected chi connectivity index (χ3v) is 15.4. The first-order chi connectivity index (χ1) is 35.9. The van der Waals surface area contributed by atoms with Crippen LogP contribution in [0.2, 0.25) is 0 Å². The Kier molecular flexibility index (Phi) is 16.8. The molecule has 16 nitrogen and oxygen atoms in total. The van der Waals surface area contributed by atoms with Crippen molar-refractivity contribution >= 4 is 63.4 Å². The molecular formula is C58H62FN3O13. The van der Waals surface area contributed by atoms with E-state index >= 15 is 4.39 Å². The molecule has 2 amide bonds. The largest absolute Gasteiger partial charge is 0.458 e. The van der Waals surface area contributed by atoms with Gasteiger partial charge in [-0.15, -0.1) is 0 Å². The van der Waals surface area contributed by atoms with Gasteiger partial charge in [0, 0.05) is 98.4 Å². The molecule has 1 N–H and O–H groups in total. The molecule has 8 rings (SSSR count). The van der Waals surface area contributed by atoms with E-state index in [1.54, 1.807) is 19.9 Å². The minimum Gasteiger partial charge on any atom is -0.458 e. The molecule has 0 saturated carbocycles. The van der Waals surface area contributed by atoms with E-state index in [0.29, 0.717) is 53.7 Å². The number of benzene rings is 2. The second-order valence-electron chi connectivity index (χ2n) is 20.3. The Hall–Kier alpha value is -6.98. The van der Waals surface area contributed by atoms with Gasteiger partial charge in [0.05, 0.1) is 41.7 Å². The fraction of sp³-hybridized carbons (Fsp3) is 0.466. The maximum Gasteiger partial charge on any atom is 0.343 e. The van der Waals surface area contributed by atoms with Crippen LogP contribution in [0, 0.1) is 18.7 Å². The third-order valence-electron chi connectivity index (χ3n) is 15.4. The van der Waals surface area contributed by atoms with Gasteiger partial charge in [0.25, 0.3) is 17.4 Å². The second kappa shape index (κ2) is 23.3. The van der Waals surface area contributed by atoms with Crippen LogP contribution in [0.15, 0.2) is 59.4 Å². The van der Waals surface area contributed by atoms with Crippen molar-refractivity contribution in [3.63, 3.8) is 0 Å². The summed E-state index contributed by atoms with van der Waals surface area (Å²) in [7, 11) is 0. The van der Waals surface area contributed by atoms with Crippen molar-refractivity contribution in [3.05, 3.63) is 110 Å². The van der Waals surface area contributed by atoms with Gasteiger partial charge in [-0.2, -0.15) is 0 Å². The average molecular weight is 1030 g/mol. The van der Waals surface area contributed by atoms with Gasteiger partial charge in [-0.3, -0.25) is 48.1 Å². The van der Waals surface area contributed by atoms with E-state index in [-0.39, 0.29) is 143 Å². The van der Waals surface area contributed by atoms with E-state index in [0.717, 1.165) is 45.5 Å². The lowest BCUT2D eigenvalue weighted by Crippen LogP contribution is -2.45. The lowest BCUT2D eigenvalue weighted by molar-refractivity contribution is -0.172. The van der Waals surface area contributed by atoms with E-state index in [1.165, 1.54) is 10.6 Å². The molecule has 17 heteroatoms. The molecule has 0 saturated heterocycles. The first-order valence-corrected chi connectivity index (χ1v) is 26.0. The van der Waals surface area contributed by atoms with E-state index < -0.39 is 52.5 Å². The van der Waals surface area contributed by atoms with E-state index in [2.05, 4.69) is 0 Å². The maximum atomic E-state index is 15.4. The highest BCUT2D eigenvalue weighted by Gasteiger charge is 2.46. The quantitative estimate of drug-likeness (QED) is 0.0323. The second-order valence-corrected chi connectivity index (χ2v) is 20.3. The number of hydrogen-bond acceptors (Lipinski definition) is 14. The Labute approximate surface area is 433 Å². The minimum absolute atomic E-state index is 0.0303. The number of halogens is 1. The van der Waals surface area contributed by atoms with E-state index in [4.69, 9.17) is 14.5 Å². The van der Waals surface area contributed by atoms with Gasteiger partial charge in [0.15, 0.2) is 17.2 Å². The summed E-state index contributed by atoms with van der Waals surface area (Å²) in [6.45, 7) is 4.70. The summed E-state index contributed by atoms with van der Waals surface area (Å²) in [5.41, 5.74) is 2.58. The molecule has 75 heavy (non-hydrogen) atoms. The van der Waals surface area contributed by atoms with Crippen LogP contribution in [-0.2, 0) is 84.2 Å². The van der Waals surface area contributed by atoms with Crippen molar-refractivity contribution in [2.45, 2.75) is 154 Å². The Morgan fingerprint density at radius 2 is 1.53 bits per heavy atom. The fourth-order valence-corrected chi connectivity index (χ4v) is 11.1. The Morgan fingerprint density at radius 3 is 2.24 bits per heavy atom. The van der Waals surface area contributed by atoms with Gasteiger partial charge < -0.3 is 19.1 Å². The number of esters is 1. The zero-order valence-electron chi connectivity index (χ0n) is 42.6. The first-order valence-electron chi connectivity index (χ1n) is 26.0. The first kappa shape index (κ1) is 54.3. The predicted molar refractivity (Wildman–Crippen MR) is 271 cm³/mol. The number of fused-ring (bicyclic) bond motifs is 5. The summed E-state index contributed by atoms with van der Waals surface area (Å²) >= 11 is 0. The monoisotopic (exact) mass is 1030 g/mol. The van der Waals surface area contributed by atoms with Crippen LogP contribution in [-0.4, -0.2) is 91.3 Å². The van der Waals surface area contributed by atoms with Crippen LogP contribution in [0.1, 0.15) is 149 Å². The summed E-state index contributed by atoms with van der Waals surface area (Å²) in [6.07, 6.45) is 4.11. The number of nitrogens with zero attached hydrogens (tertiary/aromatic N) is 3. The molecule has 2 aromatic heterocycles. The number of hydrogen-bond donors (Lipinski definition) is 1. The number of carbonyl (C=O) groups is 9. The van der Waals surface area contributed by atoms with Crippen LogP contribution in [0.4, 0.5) is 4.39 Å². The molecule has 394 valence electrons. The number of aromatic nitrogens is 2. The number of ketones is 6. The summed E-state index contributed by atoms with van der Waals surface area (Å²) in [6, 6.07) is 11.1. The van der Waals surface area contributed by atoms with Gasteiger partial charge in [-0.05, 0) is 73.3 Å². The molecule has 0 radical (unpaired) electrons. The fourth-order valence-electron chi connectivity index (χ4n) is 11.1. The van der Waals surface area contributed by atoms with Crippen molar-refractivity contribution in [3.8, 4) is 11.4 Å². The number of imide groups is 1. The smallest absolute Gasteiger partial charge is 0.343 e. The molecule has 5 heterocycles. The van der Waals surface area contributed by atoms with Gasteiger partial charge in [-0.1, -0.05) is 57.0 Å². The van der Waals surface area contributed by atoms with E-state index in [9.17, 15) is 53.1 Å². The number of amides is 2. The van der Waals surface area contributed by atoms with Crippen molar-refractivity contribution < 1.29 is 62.1 Å². The zero-order chi connectivity index (χ0) is 53.7. The van der Waals surface area contributed by atoms with Crippen LogP contribution in [0.3, 0.4) is 0 Å². The Balaban J connectivity index is 0.839. The van der Waals surface area contributed by atoms with Crippen molar-refractivity contribution in [1.82, 2.24) is 14.5 Å². The molecule has 0 fully saturated rings. The average Bonchev–Trinajstić information content (AvgIpc) is 3.98. The SMILES string of the molecule is CCCC[C@@H](C(=O)CCC(=O)CCC(=O)C[C@@H](Cc1ccccc1)C(=O)CCC(=O)CCOCC(=O)C[C@@H]1CCc2c(C)c(F)cc3nc4c(c1c23)Cn1c-4cc2c(c1=O)COC(=O)[C@]2(O)CC)N1C(=O)C=CC1=O. The summed E-state index contributed by atoms with van der Waals surface area (Å²) in [5, 5.41) is 12.1. The topological polar surface area (TPSA) is 230 Å². The number of Topliss-reactive ketones (excluding diaryl/α,β-unsaturated/α-hetero) is 6. The number of unbranched alkanes of at least 4 members (excludes halogenated alkanes) is 1. The predicted octanol–water partition coefficient (Wildman–Crippen LogP) is 6.84. The Morgan fingerprint density at radius 1 is 0.853 bits per heavy atom. The summed E-state index contributed by atoms with van der Waals surface area (Å²) < 4.78 is 27.9. The van der Waals surface area contributed by atoms with Crippen LogP contribution >= 0.6 is 0 Å².